The number of rotatable bonds is 7. The van der Waals surface area contributed by atoms with E-state index in [0.717, 1.165) is 23.8 Å². The molecule has 8 heteroatoms. The zero-order valence-electron chi connectivity index (χ0n) is 15.8. The first-order valence-electron chi connectivity index (χ1n) is 8.65. The first-order chi connectivity index (χ1) is 13.7. The number of amides is 1. The van der Waals surface area contributed by atoms with Crippen molar-refractivity contribution in [2.24, 2.45) is 0 Å². The van der Waals surface area contributed by atoms with Gasteiger partial charge in [0.15, 0.2) is 6.61 Å². The first kappa shape index (κ1) is 22.0. The average Bonchev–Trinajstić information content (AvgIpc) is 2.70. The third kappa shape index (κ3) is 6.67. The van der Waals surface area contributed by atoms with Gasteiger partial charge in [0.25, 0.3) is 5.91 Å². The molecule has 154 valence electrons. The minimum Gasteiger partial charge on any atom is -0.496 e. The third-order valence-corrected chi connectivity index (χ3v) is 3.95. The van der Waals surface area contributed by atoms with Gasteiger partial charge >= 0.3 is 12.1 Å². The molecule has 2 rings (SSSR count). The predicted molar refractivity (Wildman–Crippen MR) is 101 cm³/mol. The van der Waals surface area contributed by atoms with Crippen molar-refractivity contribution in [3.63, 3.8) is 0 Å². The zero-order chi connectivity index (χ0) is 21.4. The molecule has 0 saturated carbocycles. The highest BCUT2D eigenvalue weighted by Crippen LogP contribution is 2.29. The molecule has 0 aromatic heterocycles. The van der Waals surface area contributed by atoms with E-state index in [4.69, 9.17) is 9.47 Å². The van der Waals surface area contributed by atoms with Gasteiger partial charge in [0.05, 0.1) is 18.7 Å². The van der Waals surface area contributed by atoms with E-state index in [1.807, 2.05) is 0 Å². The van der Waals surface area contributed by atoms with Crippen molar-refractivity contribution in [2.45, 2.75) is 19.1 Å². The fraction of sp³-hybridized carbons (Fsp3) is 0.238. The van der Waals surface area contributed by atoms with Crippen LogP contribution in [0.25, 0.3) is 6.08 Å². The molecule has 0 bridgehead atoms. The number of methoxy groups -OCH3 is 1. The molecule has 0 heterocycles. The van der Waals surface area contributed by atoms with Crippen LogP contribution in [0, 0.1) is 0 Å². The van der Waals surface area contributed by atoms with Gasteiger partial charge in [0.1, 0.15) is 5.75 Å². The number of carbonyl (C=O) groups excluding carboxylic acids is 2. The summed E-state index contributed by atoms with van der Waals surface area (Å²) in [5, 5.41) is 2.68. The molecule has 1 N–H and O–H groups in total. The topological polar surface area (TPSA) is 64.6 Å². The molecule has 0 saturated heterocycles. The van der Waals surface area contributed by atoms with Crippen LogP contribution in [-0.4, -0.2) is 25.6 Å². The van der Waals surface area contributed by atoms with Crippen molar-refractivity contribution >= 4 is 18.0 Å². The van der Waals surface area contributed by atoms with E-state index in [1.165, 1.54) is 25.3 Å². The molecule has 0 fully saturated rings. The number of para-hydroxylation sites is 1. The molecular formula is C21H20F3NO4. The maximum Gasteiger partial charge on any atom is 0.416 e. The SMILES string of the molecule is COc1ccccc1C(C)NC(=O)COC(=O)/C=C/c1cccc(C(F)(F)F)c1. The number of carbonyl (C=O) groups is 2. The van der Waals surface area contributed by atoms with Gasteiger partial charge in [-0.25, -0.2) is 4.79 Å². The maximum atomic E-state index is 12.7. The van der Waals surface area contributed by atoms with Crippen LogP contribution in [0.15, 0.2) is 54.6 Å². The average molecular weight is 407 g/mol. The van der Waals surface area contributed by atoms with Crippen LogP contribution in [0.3, 0.4) is 0 Å². The van der Waals surface area contributed by atoms with Crippen molar-refractivity contribution in [2.75, 3.05) is 13.7 Å². The summed E-state index contributed by atoms with van der Waals surface area (Å²) in [5.41, 5.74) is 0.128. The maximum absolute atomic E-state index is 12.7. The summed E-state index contributed by atoms with van der Waals surface area (Å²) in [5.74, 6) is -0.756. The molecule has 1 amide bonds. The monoisotopic (exact) mass is 407 g/mol. The number of benzene rings is 2. The Morgan fingerprint density at radius 3 is 2.55 bits per heavy atom. The van der Waals surface area contributed by atoms with Gasteiger partial charge in [-0.3, -0.25) is 4.79 Å². The quantitative estimate of drug-likeness (QED) is 0.553. The summed E-state index contributed by atoms with van der Waals surface area (Å²) >= 11 is 0. The third-order valence-electron chi connectivity index (χ3n) is 3.95. The minimum atomic E-state index is -4.47. The van der Waals surface area contributed by atoms with Crippen LogP contribution in [0.5, 0.6) is 5.75 Å². The summed E-state index contributed by atoms with van der Waals surface area (Å²) in [6.07, 6.45) is -2.32. The lowest BCUT2D eigenvalue weighted by Crippen LogP contribution is -2.31. The molecule has 5 nitrogen and oxygen atoms in total. The van der Waals surface area contributed by atoms with Crippen LogP contribution in [0.2, 0.25) is 0 Å². The van der Waals surface area contributed by atoms with Gasteiger partial charge < -0.3 is 14.8 Å². The van der Waals surface area contributed by atoms with Gasteiger partial charge in [-0.2, -0.15) is 13.2 Å². The largest absolute Gasteiger partial charge is 0.496 e. The Morgan fingerprint density at radius 1 is 1.14 bits per heavy atom. The zero-order valence-corrected chi connectivity index (χ0v) is 15.8. The summed E-state index contributed by atoms with van der Waals surface area (Å²) in [6, 6.07) is 11.3. The molecule has 0 aliphatic rings. The summed E-state index contributed by atoms with van der Waals surface area (Å²) in [7, 11) is 1.52. The lowest BCUT2D eigenvalue weighted by atomic mass is 10.1. The Kier molecular flexibility index (Phi) is 7.41. The second kappa shape index (κ2) is 9.77. The molecule has 0 radical (unpaired) electrons. The summed E-state index contributed by atoms with van der Waals surface area (Å²) in [6.45, 7) is 1.23. The fourth-order valence-corrected chi connectivity index (χ4v) is 2.55. The van der Waals surface area contributed by atoms with E-state index < -0.39 is 30.2 Å². The van der Waals surface area contributed by atoms with Gasteiger partial charge in [-0.05, 0) is 36.8 Å². The summed E-state index contributed by atoms with van der Waals surface area (Å²) in [4.78, 5) is 23.7. The number of alkyl halides is 3. The molecular weight excluding hydrogens is 387 g/mol. The highest BCUT2D eigenvalue weighted by Gasteiger charge is 2.30. The predicted octanol–water partition coefficient (Wildman–Crippen LogP) is 4.15. The Labute approximate surface area is 166 Å². The van der Waals surface area contributed by atoms with Crippen LogP contribution in [-0.2, 0) is 20.5 Å². The van der Waals surface area contributed by atoms with Crippen LogP contribution >= 0.6 is 0 Å². The standard InChI is InChI=1S/C21H20F3NO4/c1-14(17-8-3-4-9-18(17)28-2)25-19(26)13-29-20(27)11-10-15-6-5-7-16(12-15)21(22,23)24/h3-12,14H,13H2,1-2H3,(H,25,26)/b11-10+. The van der Waals surface area contributed by atoms with Gasteiger partial charge in [-0.15, -0.1) is 0 Å². The van der Waals surface area contributed by atoms with Crippen molar-refractivity contribution in [3.05, 3.63) is 71.3 Å². The summed E-state index contributed by atoms with van der Waals surface area (Å²) < 4.78 is 48.1. The molecule has 1 unspecified atom stereocenters. The van der Waals surface area contributed by atoms with Crippen LogP contribution < -0.4 is 10.1 Å². The molecule has 0 aliphatic heterocycles. The molecule has 0 spiro atoms. The van der Waals surface area contributed by atoms with E-state index in [1.54, 1.807) is 31.2 Å². The van der Waals surface area contributed by atoms with E-state index >= 15 is 0 Å². The normalized spacial score (nSPS) is 12.4. The minimum absolute atomic E-state index is 0.186. The Morgan fingerprint density at radius 2 is 1.86 bits per heavy atom. The van der Waals surface area contributed by atoms with Gasteiger partial charge in [0.2, 0.25) is 0 Å². The number of halogens is 3. The number of esters is 1. The number of ether oxygens (including phenoxy) is 2. The first-order valence-corrected chi connectivity index (χ1v) is 8.65. The smallest absolute Gasteiger partial charge is 0.416 e. The van der Waals surface area contributed by atoms with E-state index in [9.17, 15) is 22.8 Å². The highest BCUT2D eigenvalue weighted by atomic mass is 19.4. The molecule has 29 heavy (non-hydrogen) atoms. The number of hydrogen-bond acceptors (Lipinski definition) is 4. The van der Waals surface area contributed by atoms with Crippen molar-refractivity contribution in [3.8, 4) is 5.75 Å². The molecule has 2 aromatic carbocycles. The number of hydrogen-bond donors (Lipinski definition) is 1. The Balaban J connectivity index is 1.87. The lowest BCUT2D eigenvalue weighted by Gasteiger charge is -2.17. The second-order valence-corrected chi connectivity index (χ2v) is 6.10. The van der Waals surface area contributed by atoms with Crippen LogP contribution in [0.4, 0.5) is 13.2 Å². The Bertz CT molecular complexity index is 893. The number of nitrogens with one attached hydrogen (secondary N) is 1. The lowest BCUT2D eigenvalue weighted by molar-refractivity contribution is -0.144. The van der Waals surface area contributed by atoms with Gasteiger partial charge in [-0.1, -0.05) is 30.3 Å². The molecule has 2 aromatic rings. The van der Waals surface area contributed by atoms with E-state index in [-0.39, 0.29) is 11.6 Å². The fourth-order valence-electron chi connectivity index (χ4n) is 2.55. The second-order valence-electron chi connectivity index (χ2n) is 6.10. The Hall–Kier alpha value is -3.29. The van der Waals surface area contributed by atoms with Gasteiger partial charge in [0, 0.05) is 11.6 Å². The molecule has 0 aliphatic carbocycles. The van der Waals surface area contributed by atoms with Crippen molar-refractivity contribution < 1.29 is 32.2 Å². The molecule has 1 atom stereocenters. The van der Waals surface area contributed by atoms with Crippen molar-refractivity contribution in [1.82, 2.24) is 5.32 Å². The van der Waals surface area contributed by atoms with Crippen LogP contribution in [0.1, 0.15) is 29.7 Å². The highest BCUT2D eigenvalue weighted by molar-refractivity contribution is 5.89. The van der Waals surface area contributed by atoms with E-state index in [0.29, 0.717) is 5.75 Å². The van der Waals surface area contributed by atoms with E-state index in [2.05, 4.69) is 5.32 Å². The van der Waals surface area contributed by atoms with Crippen molar-refractivity contribution in [1.29, 1.82) is 0 Å².